The summed E-state index contributed by atoms with van der Waals surface area (Å²) >= 11 is 9.47. The minimum atomic E-state index is 0.0908. The van der Waals surface area contributed by atoms with E-state index in [4.69, 9.17) is 16.3 Å². The molecule has 0 radical (unpaired) electrons. The van der Waals surface area contributed by atoms with Gasteiger partial charge in [-0.2, -0.15) is 0 Å². The van der Waals surface area contributed by atoms with E-state index in [1.165, 1.54) is 0 Å². The highest BCUT2D eigenvalue weighted by Crippen LogP contribution is 2.30. The number of halogens is 2. The smallest absolute Gasteiger partial charge is 0.114 e. The van der Waals surface area contributed by atoms with Crippen LogP contribution in [0.1, 0.15) is 18.0 Å². The van der Waals surface area contributed by atoms with Crippen molar-refractivity contribution in [1.29, 1.82) is 0 Å². The van der Waals surface area contributed by atoms with E-state index >= 15 is 0 Å². The van der Waals surface area contributed by atoms with Gasteiger partial charge in [0.05, 0.1) is 17.7 Å². The summed E-state index contributed by atoms with van der Waals surface area (Å²) in [6.07, 6.45) is 3.11. The van der Waals surface area contributed by atoms with E-state index in [-0.39, 0.29) is 6.04 Å². The number of rotatable bonds is 3. The van der Waals surface area contributed by atoms with Gasteiger partial charge in [0, 0.05) is 10.9 Å². The molecule has 1 N–H and O–H groups in total. The molecular formula is C12H13BrClNO. The van der Waals surface area contributed by atoms with E-state index in [1.807, 2.05) is 25.2 Å². The van der Waals surface area contributed by atoms with Crippen LogP contribution in [0.4, 0.5) is 0 Å². The predicted octanol–water partition coefficient (Wildman–Crippen LogP) is 3.67. The largest absolute Gasteiger partial charge is 0.496 e. The first-order chi connectivity index (χ1) is 7.72. The Labute approximate surface area is 109 Å². The fraction of sp³-hybridized carbons (Fsp3) is 0.333. The zero-order valence-corrected chi connectivity index (χ0v) is 11.3. The summed E-state index contributed by atoms with van der Waals surface area (Å²) in [4.78, 5) is 0. The lowest BCUT2D eigenvalue weighted by Gasteiger charge is -2.18. The molecule has 0 bridgehead atoms. The third kappa shape index (κ3) is 2.42. The van der Waals surface area contributed by atoms with Crippen LogP contribution in [0, 0.1) is 0 Å². The zero-order chi connectivity index (χ0) is 11.5. The molecule has 1 aliphatic heterocycles. The average molecular weight is 303 g/mol. The highest BCUT2D eigenvalue weighted by molar-refractivity contribution is 9.10. The van der Waals surface area contributed by atoms with Crippen molar-refractivity contribution >= 4 is 27.5 Å². The Morgan fingerprint density at radius 2 is 2.31 bits per heavy atom. The van der Waals surface area contributed by atoms with Crippen LogP contribution in [-0.4, -0.2) is 13.7 Å². The van der Waals surface area contributed by atoms with Crippen LogP contribution < -0.4 is 5.32 Å². The minimum Gasteiger partial charge on any atom is -0.496 e. The quantitative estimate of drug-likeness (QED) is 0.920. The second-order valence-electron chi connectivity index (χ2n) is 3.64. The van der Waals surface area contributed by atoms with Crippen molar-refractivity contribution < 1.29 is 4.74 Å². The van der Waals surface area contributed by atoms with Crippen molar-refractivity contribution in [1.82, 2.24) is 5.32 Å². The number of hydrogen-bond acceptors (Lipinski definition) is 2. The second-order valence-corrected chi connectivity index (χ2v) is 4.90. The van der Waals surface area contributed by atoms with Crippen LogP contribution in [0.2, 0.25) is 5.02 Å². The maximum absolute atomic E-state index is 6.09. The van der Waals surface area contributed by atoms with E-state index in [0.29, 0.717) is 0 Å². The molecule has 16 heavy (non-hydrogen) atoms. The first kappa shape index (κ1) is 12.0. The van der Waals surface area contributed by atoms with Crippen molar-refractivity contribution in [3.63, 3.8) is 0 Å². The van der Waals surface area contributed by atoms with Gasteiger partial charge in [0.1, 0.15) is 5.76 Å². The Balaban J connectivity index is 2.29. The summed E-state index contributed by atoms with van der Waals surface area (Å²) in [6.45, 7) is 0.776. The highest BCUT2D eigenvalue weighted by Gasteiger charge is 2.19. The summed E-state index contributed by atoms with van der Waals surface area (Å²) < 4.78 is 6.49. The molecule has 0 amide bonds. The van der Waals surface area contributed by atoms with Gasteiger partial charge in [-0.05, 0) is 46.7 Å². The first-order valence-corrected chi connectivity index (χ1v) is 6.34. The van der Waals surface area contributed by atoms with Crippen LogP contribution in [-0.2, 0) is 4.74 Å². The lowest BCUT2D eigenvalue weighted by molar-refractivity contribution is 0.218. The molecule has 1 heterocycles. The van der Waals surface area contributed by atoms with Crippen LogP contribution >= 0.6 is 27.5 Å². The molecule has 2 rings (SSSR count). The third-order valence-electron chi connectivity index (χ3n) is 2.58. The van der Waals surface area contributed by atoms with E-state index in [1.54, 1.807) is 0 Å². The Kier molecular flexibility index (Phi) is 3.90. The Hall–Kier alpha value is -0.510. The van der Waals surface area contributed by atoms with E-state index < -0.39 is 0 Å². The maximum Gasteiger partial charge on any atom is 0.114 e. The second kappa shape index (κ2) is 5.21. The van der Waals surface area contributed by atoms with Gasteiger partial charge in [0.25, 0.3) is 0 Å². The van der Waals surface area contributed by atoms with Gasteiger partial charge in [-0.15, -0.1) is 0 Å². The van der Waals surface area contributed by atoms with E-state index in [2.05, 4.69) is 27.3 Å². The molecule has 0 spiro atoms. The van der Waals surface area contributed by atoms with Gasteiger partial charge in [0.2, 0.25) is 0 Å². The van der Waals surface area contributed by atoms with Crippen molar-refractivity contribution in [2.45, 2.75) is 12.5 Å². The lowest BCUT2D eigenvalue weighted by atomic mass is 10.1. The molecule has 4 heteroatoms. The summed E-state index contributed by atoms with van der Waals surface area (Å²) in [5, 5.41) is 3.96. The Morgan fingerprint density at radius 1 is 1.50 bits per heavy atom. The molecule has 1 aromatic carbocycles. The Morgan fingerprint density at radius 3 is 2.88 bits per heavy atom. The molecule has 0 fully saturated rings. The monoisotopic (exact) mass is 301 g/mol. The van der Waals surface area contributed by atoms with Crippen molar-refractivity contribution in [3.05, 3.63) is 45.1 Å². The summed E-state index contributed by atoms with van der Waals surface area (Å²) in [5.74, 6) is 0.987. The van der Waals surface area contributed by atoms with Crippen LogP contribution in [0.15, 0.2) is 34.5 Å². The number of hydrogen-bond donors (Lipinski definition) is 1. The number of likely N-dealkylation sites (N-methyl/N-ethyl adjacent to an activating group) is 1. The molecule has 0 aromatic heterocycles. The molecule has 1 aromatic rings. The standard InChI is InChI=1S/C12H13BrClNO/c1-15-12(11-3-2-6-16-11)8-4-5-9(13)10(14)7-8/h3-5,7,12,15H,2,6H2,1H3. The van der Waals surface area contributed by atoms with Gasteiger partial charge in [0.15, 0.2) is 0 Å². The molecule has 1 unspecified atom stereocenters. The molecular weight excluding hydrogens is 289 g/mol. The molecule has 86 valence electrons. The maximum atomic E-state index is 6.09. The fourth-order valence-corrected chi connectivity index (χ4v) is 2.24. The van der Waals surface area contributed by atoms with Crippen LogP contribution in [0.3, 0.4) is 0 Å². The lowest BCUT2D eigenvalue weighted by Crippen LogP contribution is -2.19. The number of nitrogens with one attached hydrogen (secondary N) is 1. The van der Waals surface area contributed by atoms with Crippen LogP contribution in [0.5, 0.6) is 0 Å². The van der Waals surface area contributed by atoms with Crippen molar-refractivity contribution in [2.24, 2.45) is 0 Å². The van der Waals surface area contributed by atoms with Gasteiger partial charge < -0.3 is 10.1 Å². The van der Waals surface area contributed by atoms with E-state index in [0.717, 1.165) is 33.8 Å². The Bertz CT molecular complexity index is 419. The van der Waals surface area contributed by atoms with Gasteiger partial charge in [-0.3, -0.25) is 0 Å². The summed E-state index contributed by atoms with van der Waals surface area (Å²) in [5.41, 5.74) is 1.11. The topological polar surface area (TPSA) is 21.3 Å². The molecule has 2 nitrogen and oxygen atoms in total. The number of ether oxygens (including phenoxy) is 1. The summed E-state index contributed by atoms with van der Waals surface area (Å²) in [7, 11) is 1.92. The SMILES string of the molecule is CNC(C1=CCCO1)c1ccc(Br)c(Cl)c1. The minimum absolute atomic E-state index is 0.0908. The predicted molar refractivity (Wildman–Crippen MR) is 69.6 cm³/mol. The average Bonchev–Trinajstić information content (AvgIpc) is 2.78. The molecule has 0 saturated heterocycles. The molecule has 0 saturated carbocycles. The van der Waals surface area contributed by atoms with Gasteiger partial charge in [-0.1, -0.05) is 17.7 Å². The fourth-order valence-electron chi connectivity index (χ4n) is 1.80. The molecule has 1 atom stereocenters. The van der Waals surface area contributed by atoms with Crippen molar-refractivity contribution in [2.75, 3.05) is 13.7 Å². The molecule has 1 aliphatic rings. The van der Waals surface area contributed by atoms with E-state index in [9.17, 15) is 0 Å². The third-order valence-corrected chi connectivity index (χ3v) is 3.81. The summed E-state index contributed by atoms with van der Waals surface area (Å²) in [6, 6.07) is 6.04. The van der Waals surface area contributed by atoms with Crippen LogP contribution in [0.25, 0.3) is 0 Å². The normalized spacial score (nSPS) is 16.8. The zero-order valence-electron chi connectivity index (χ0n) is 8.97. The van der Waals surface area contributed by atoms with Gasteiger partial charge >= 0.3 is 0 Å². The first-order valence-electron chi connectivity index (χ1n) is 5.17. The number of benzene rings is 1. The van der Waals surface area contributed by atoms with Gasteiger partial charge in [-0.25, -0.2) is 0 Å². The van der Waals surface area contributed by atoms with Crippen molar-refractivity contribution in [3.8, 4) is 0 Å². The highest BCUT2D eigenvalue weighted by atomic mass is 79.9. The molecule has 0 aliphatic carbocycles.